The van der Waals surface area contributed by atoms with Crippen molar-refractivity contribution >= 4 is 6.21 Å². The number of nitrogens with zero attached hydrogens (tertiary/aromatic N) is 2. The molecule has 1 saturated heterocycles. The molecule has 0 bridgehead atoms. The first-order chi connectivity index (χ1) is 12.3. The summed E-state index contributed by atoms with van der Waals surface area (Å²) >= 11 is 0. The van der Waals surface area contributed by atoms with Crippen LogP contribution in [0.1, 0.15) is 62.7 Å². The Labute approximate surface area is 151 Å². The van der Waals surface area contributed by atoms with E-state index in [0.717, 1.165) is 19.3 Å². The fraction of sp³-hybridized carbons (Fsp3) is 0.348. The Morgan fingerprint density at radius 3 is 1.96 bits per heavy atom. The van der Waals surface area contributed by atoms with Gasteiger partial charge in [-0.25, -0.2) is 0 Å². The first kappa shape index (κ1) is 17.5. The summed E-state index contributed by atoms with van der Waals surface area (Å²) in [6, 6.07) is 22.3. The molecule has 25 heavy (non-hydrogen) atoms. The molecule has 0 spiro atoms. The van der Waals surface area contributed by atoms with Crippen molar-refractivity contribution in [1.82, 2.24) is 5.01 Å². The quantitative estimate of drug-likeness (QED) is 0.587. The van der Waals surface area contributed by atoms with Crippen LogP contribution < -0.4 is 0 Å². The van der Waals surface area contributed by atoms with Gasteiger partial charge in [-0.1, -0.05) is 73.7 Å². The van der Waals surface area contributed by atoms with Crippen LogP contribution in [0.3, 0.4) is 0 Å². The van der Waals surface area contributed by atoms with E-state index >= 15 is 0 Å². The van der Waals surface area contributed by atoms with Crippen LogP contribution in [0.2, 0.25) is 0 Å². The highest BCUT2D eigenvalue weighted by molar-refractivity contribution is 5.77. The van der Waals surface area contributed by atoms with Crippen molar-refractivity contribution in [3.8, 4) is 0 Å². The van der Waals surface area contributed by atoms with Crippen LogP contribution in [0.25, 0.3) is 0 Å². The maximum absolute atomic E-state index is 4.96. The maximum atomic E-state index is 4.96. The number of benzene rings is 2. The van der Waals surface area contributed by atoms with Gasteiger partial charge in [0.15, 0.2) is 0 Å². The maximum Gasteiger partial charge on any atom is 0.0727 e. The van der Waals surface area contributed by atoms with Crippen molar-refractivity contribution in [2.24, 2.45) is 5.10 Å². The average molecular weight is 332 g/mol. The SMILES string of the molecule is CCC=C(C)/C=N/N1[C@H](c2ccccc2)CCC[C@H]1c1ccccc1. The molecule has 0 aromatic heterocycles. The third kappa shape index (κ3) is 4.39. The van der Waals surface area contributed by atoms with Gasteiger partial charge in [-0.2, -0.15) is 5.10 Å². The molecular weight excluding hydrogens is 304 g/mol. The Balaban J connectivity index is 1.95. The minimum absolute atomic E-state index is 0.339. The highest BCUT2D eigenvalue weighted by atomic mass is 15.5. The summed E-state index contributed by atoms with van der Waals surface area (Å²) in [7, 11) is 0. The lowest BCUT2D eigenvalue weighted by Crippen LogP contribution is -2.32. The van der Waals surface area contributed by atoms with Crippen molar-refractivity contribution < 1.29 is 0 Å². The van der Waals surface area contributed by atoms with E-state index in [4.69, 9.17) is 5.10 Å². The van der Waals surface area contributed by atoms with Crippen LogP contribution >= 0.6 is 0 Å². The second-order valence-electron chi connectivity index (χ2n) is 6.76. The van der Waals surface area contributed by atoms with Crippen molar-refractivity contribution in [3.05, 3.63) is 83.4 Å². The molecule has 0 aliphatic carbocycles. The molecule has 2 nitrogen and oxygen atoms in total. The van der Waals surface area contributed by atoms with Crippen molar-refractivity contribution in [2.45, 2.75) is 51.6 Å². The van der Waals surface area contributed by atoms with Gasteiger partial charge in [0.1, 0.15) is 0 Å². The van der Waals surface area contributed by atoms with Crippen LogP contribution in [0.15, 0.2) is 77.4 Å². The summed E-state index contributed by atoms with van der Waals surface area (Å²) in [5, 5.41) is 7.29. The molecule has 2 atom stereocenters. The van der Waals surface area contributed by atoms with Crippen LogP contribution in [-0.4, -0.2) is 11.2 Å². The highest BCUT2D eigenvalue weighted by Gasteiger charge is 2.31. The third-order valence-corrected chi connectivity index (χ3v) is 4.88. The average Bonchev–Trinajstić information content (AvgIpc) is 2.68. The van der Waals surface area contributed by atoms with E-state index in [0.29, 0.717) is 12.1 Å². The fourth-order valence-corrected chi connectivity index (χ4v) is 3.67. The zero-order valence-electron chi connectivity index (χ0n) is 15.3. The minimum atomic E-state index is 0.339. The minimum Gasteiger partial charge on any atom is -0.282 e. The van der Waals surface area contributed by atoms with E-state index < -0.39 is 0 Å². The smallest absolute Gasteiger partial charge is 0.0727 e. The Morgan fingerprint density at radius 2 is 1.48 bits per heavy atom. The monoisotopic (exact) mass is 332 g/mol. The van der Waals surface area contributed by atoms with E-state index in [1.165, 1.54) is 23.1 Å². The van der Waals surface area contributed by atoms with Crippen LogP contribution in [0, 0.1) is 0 Å². The molecule has 3 rings (SSSR count). The lowest BCUT2D eigenvalue weighted by atomic mass is 9.89. The molecule has 1 aliphatic rings. The summed E-state index contributed by atoms with van der Waals surface area (Å²) in [5.41, 5.74) is 3.95. The molecule has 1 heterocycles. The standard InChI is InChI=1S/C23H28N2/c1-3-11-19(2)18-24-25-22(20-12-6-4-7-13-20)16-10-17-23(25)21-14-8-5-9-15-21/h4-9,11-15,18,22-23H,3,10,16-17H2,1-2H3/b19-11?,24-18+/t22-,23-/m0/s1. The molecule has 2 heteroatoms. The van der Waals surface area contributed by atoms with Gasteiger partial charge in [0.25, 0.3) is 0 Å². The van der Waals surface area contributed by atoms with Gasteiger partial charge in [-0.3, -0.25) is 5.01 Å². The van der Waals surface area contributed by atoms with Crippen molar-refractivity contribution in [2.75, 3.05) is 0 Å². The van der Waals surface area contributed by atoms with Gasteiger partial charge in [0.05, 0.1) is 12.1 Å². The van der Waals surface area contributed by atoms with Crippen LogP contribution in [0.4, 0.5) is 0 Å². The number of hydrogen-bond donors (Lipinski definition) is 0. The Bertz CT molecular complexity index is 656. The van der Waals surface area contributed by atoms with Crippen molar-refractivity contribution in [1.29, 1.82) is 0 Å². The second kappa shape index (κ2) is 8.66. The van der Waals surface area contributed by atoms with E-state index in [2.05, 4.69) is 85.6 Å². The largest absolute Gasteiger partial charge is 0.282 e. The zero-order chi connectivity index (χ0) is 17.5. The molecule has 2 aromatic carbocycles. The Kier molecular flexibility index (Phi) is 6.05. The normalized spacial score (nSPS) is 21.7. The Hall–Kier alpha value is -2.35. The number of hydrazone groups is 1. The molecule has 0 saturated carbocycles. The highest BCUT2D eigenvalue weighted by Crippen LogP contribution is 2.41. The van der Waals surface area contributed by atoms with E-state index in [9.17, 15) is 0 Å². The molecule has 1 aliphatic heterocycles. The molecule has 0 N–H and O–H groups in total. The van der Waals surface area contributed by atoms with Crippen LogP contribution in [0.5, 0.6) is 0 Å². The first-order valence-corrected chi connectivity index (χ1v) is 9.38. The van der Waals surface area contributed by atoms with E-state index in [-0.39, 0.29) is 0 Å². The van der Waals surface area contributed by atoms with E-state index in [1.807, 2.05) is 6.21 Å². The van der Waals surface area contributed by atoms with E-state index in [1.54, 1.807) is 0 Å². The second-order valence-corrected chi connectivity index (χ2v) is 6.76. The third-order valence-electron chi connectivity index (χ3n) is 4.88. The van der Waals surface area contributed by atoms with Crippen molar-refractivity contribution in [3.63, 3.8) is 0 Å². The van der Waals surface area contributed by atoms with Gasteiger partial charge < -0.3 is 0 Å². The topological polar surface area (TPSA) is 15.6 Å². The first-order valence-electron chi connectivity index (χ1n) is 9.38. The molecule has 1 fully saturated rings. The summed E-state index contributed by atoms with van der Waals surface area (Å²) in [4.78, 5) is 0. The summed E-state index contributed by atoms with van der Waals surface area (Å²) in [6.07, 6.45) is 8.84. The van der Waals surface area contributed by atoms with Gasteiger partial charge in [-0.15, -0.1) is 0 Å². The lowest BCUT2D eigenvalue weighted by molar-refractivity contribution is 0.0870. The number of rotatable bonds is 5. The van der Waals surface area contributed by atoms with Gasteiger partial charge in [0, 0.05) is 6.21 Å². The number of allylic oxidation sites excluding steroid dienone is 2. The van der Waals surface area contributed by atoms with Gasteiger partial charge in [-0.05, 0) is 49.3 Å². The number of hydrogen-bond acceptors (Lipinski definition) is 2. The molecule has 0 unspecified atom stereocenters. The lowest BCUT2D eigenvalue weighted by Gasteiger charge is -2.41. The molecule has 130 valence electrons. The fourth-order valence-electron chi connectivity index (χ4n) is 3.67. The summed E-state index contributed by atoms with van der Waals surface area (Å²) in [5.74, 6) is 0. The van der Waals surface area contributed by atoms with Gasteiger partial charge in [0.2, 0.25) is 0 Å². The summed E-state index contributed by atoms with van der Waals surface area (Å²) < 4.78 is 0. The summed E-state index contributed by atoms with van der Waals surface area (Å²) in [6.45, 7) is 4.30. The van der Waals surface area contributed by atoms with Gasteiger partial charge >= 0.3 is 0 Å². The Morgan fingerprint density at radius 1 is 0.960 bits per heavy atom. The molecule has 0 radical (unpaired) electrons. The number of piperidine rings is 1. The zero-order valence-corrected chi connectivity index (χ0v) is 15.3. The molecule has 2 aromatic rings. The predicted octanol–water partition coefficient (Wildman–Crippen LogP) is 6.30. The molecular formula is C23H28N2. The molecule has 0 amide bonds. The predicted molar refractivity (Wildman–Crippen MR) is 107 cm³/mol. The van der Waals surface area contributed by atoms with Crippen LogP contribution in [-0.2, 0) is 0 Å².